The molecule has 0 aromatic heterocycles. The summed E-state index contributed by atoms with van der Waals surface area (Å²) < 4.78 is 0. The zero-order valence-corrected chi connectivity index (χ0v) is 69.5. The number of benzene rings is 15. The fourth-order valence-electron chi connectivity index (χ4n) is 12.2. The van der Waals surface area contributed by atoms with Crippen LogP contribution in [0.3, 0.4) is 0 Å². The predicted octanol–water partition coefficient (Wildman–Crippen LogP) is 31.3. The van der Waals surface area contributed by atoms with Crippen molar-refractivity contribution in [1.82, 2.24) is 0 Å². The van der Waals surface area contributed by atoms with Crippen molar-refractivity contribution >= 4 is 0 Å². The van der Waals surface area contributed by atoms with Crippen molar-refractivity contribution < 1.29 is 0 Å². The molecule has 0 fully saturated rings. The molecular formula is C110H118. The van der Waals surface area contributed by atoms with Crippen molar-refractivity contribution in [2.75, 3.05) is 0 Å². The van der Waals surface area contributed by atoms with Crippen molar-refractivity contribution in [3.05, 3.63) is 463 Å². The number of hydrogen-bond acceptors (Lipinski definition) is 0. The zero-order chi connectivity index (χ0) is 79.5. The van der Waals surface area contributed by atoms with Gasteiger partial charge in [-0.15, -0.1) is 0 Å². The van der Waals surface area contributed by atoms with Gasteiger partial charge < -0.3 is 0 Å². The van der Waals surface area contributed by atoms with Crippen LogP contribution in [0.1, 0.15) is 111 Å². The summed E-state index contributed by atoms with van der Waals surface area (Å²) in [6.45, 7) is 42.6. The van der Waals surface area contributed by atoms with Crippen LogP contribution in [0.2, 0.25) is 0 Å². The quantitative estimate of drug-likeness (QED) is 0.156. The van der Waals surface area contributed by atoms with Crippen LogP contribution in [-0.2, 0) is 0 Å². The van der Waals surface area contributed by atoms with E-state index in [1.54, 1.807) is 0 Å². The van der Waals surface area contributed by atoms with Crippen molar-refractivity contribution in [3.63, 3.8) is 0 Å². The van der Waals surface area contributed by atoms with Crippen molar-refractivity contribution in [2.24, 2.45) is 0 Å². The number of rotatable bonds is 6. The molecular weight excluding hydrogens is 1320 g/mol. The van der Waals surface area contributed by atoms with Gasteiger partial charge in [-0.3, -0.25) is 0 Å². The molecule has 0 atom stereocenters. The minimum Gasteiger partial charge on any atom is -0.0622 e. The molecule has 0 saturated heterocycles. The van der Waals surface area contributed by atoms with E-state index >= 15 is 0 Å². The van der Waals surface area contributed by atoms with Gasteiger partial charge in [0.05, 0.1) is 0 Å². The third-order valence-electron chi connectivity index (χ3n) is 19.4. The fourth-order valence-corrected chi connectivity index (χ4v) is 12.2. The Balaban J connectivity index is 0.000000175. The van der Waals surface area contributed by atoms with Gasteiger partial charge in [0.15, 0.2) is 0 Å². The van der Waals surface area contributed by atoms with E-state index in [-0.39, 0.29) is 0 Å². The molecule has 110 heavy (non-hydrogen) atoms. The fraction of sp³-hybridized carbons (Fsp3) is 0.182. The first-order chi connectivity index (χ1) is 52.8. The van der Waals surface area contributed by atoms with Gasteiger partial charge in [0.25, 0.3) is 0 Å². The maximum absolute atomic E-state index is 2.30. The summed E-state index contributed by atoms with van der Waals surface area (Å²) in [5.41, 5.74) is 42.4. The predicted molar refractivity (Wildman–Crippen MR) is 485 cm³/mol. The van der Waals surface area contributed by atoms with Gasteiger partial charge in [-0.2, -0.15) is 0 Å². The highest BCUT2D eigenvalue weighted by molar-refractivity contribution is 5.77. The van der Waals surface area contributed by atoms with E-state index in [2.05, 4.69) is 490 Å². The lowest BCUT2D eigenvalue weighted by Crippen LogP contribution is -1.89. The Morgan fingerprint density at radius 3 is 0.591 bits per heavy atom. The molecule has 15 aromatic carbocycles. The smallest absolute Gasteiger partial charge is 0.0152 e. The Morgan fingerprint density at radius 2 is 0.318 bits per heavy atom. The van der Waals surface area contributed by atoms with Crippen LogP contribution in [-0.4, -0.2) is 0 Å². The molecule has 0 bridgehead atoms. The zero-order valence-electron chi connectivity index (χ0n) is 69.5. The highest BCUT2D eigenvalue weighted by Crippen LogP contribution is 2.32. The van der Waals surface area contributed by atoms with Crippen LogP contribution >= 0.6 is 0 Å². The Bertz CT molecular complexity index is 4940. The topological polar surface area (TPSA) is 0 Å². The molecule has 558 valence electrons. The lowest BCUT2D eigenvalue weighted by atomic mass is 9.92. The normalized spacial score (nSPS) is 10.0. The Morgan fingerprint density at radius 1 is 0.100 bits per heavy atom. The Kier molecular flexibility index (Phi) is 34.7. The van der Waals surface area contributed by atoms with Crippen LogP contribution in [0.4, 0.5) is 0 Å². The van der Waals surface area contributed by atoms with E-state index in [9.17, 15) is 0 Å². The summed E-state index contributed by atoms with van der Waals surface area (Å²) >= 11 is 0. The van der Waals surface area contributed by atoms with E-state index in [1.807, 2.05) is 0 Å². The summed E-state index contributed by atoms with van der Waals surface area (Å²) in [6.07, 6.45) is 0. The molecule has 0 unspecified atom stereocenters. The molecule has 0 heteroatoms. The van der Waals surface area contributed by atoms with Crippen LogP contribution < -0.4 is 0 Å². The summed E-state index contributed by atoms with van der Waals surface area (Å²) in [6, 6.07) is 124. The van der Waals surface area contributed by atoms with Gasteiger partial charge in [-0.05, 0) is 255 Å². The first-order valence-electron chi connectivity index (χ1n) is 38.7. The standard InChI is InChI=1S/C20H18.4C14H14.C10H14.3C8H10/c1-15-13-20(18-11-7-4-8-12-18)16(2)14-19(15)17-9-5-3-6-10-17;1-11-3-7-13(8-4-11)14-9-5-12(2)6-10-14;1-11-5-3-7-13(9-11)14-8-4-6-12(2)10-14;1-11-6-8-13(9-7-11)14-5-3-4-12(2)10-14;1-11-7-9-13(10-8-11)14-6-4-3-5-12(14)2;1-7-5-9(3)10(4)6-8(7)2;1-7-3-5-8(2)6-4-7;1-7-4-3-5-8(2)6-7;1-7-5-3-4-6-8(7)2/h3-14H,1-2H3;4*3-10H,1-2H3;5-6H,1-4H3;3*3-6H,1-2H3. The third kappa shape index (κ3) is 29.5. The number of aryl methyl sites for hydroxylation is 20. The molecule has 0 N–H and O–H groups in total. The van der Waals surface area contributed by atoms with Crippen LogP contribution in [0, 0.1) is 138 Å². The second-order valence-corrected chi connectivity index (χ2v) is 29.5. The first kappa shape index (κ1) is 85.5. The van der Waals surface area contributed by atoms with Gasteiger partial charge in [0.2, 0.25) is 0 Å². The molecule has 0 aliphatic carbocycles. The van der Waals surface area contributed by atoms with Gasteiger partial charge in [-0.1, -0.05) is 413 Å². The summed E-state index contributed by atoms with van der Waals surface area (Å²) in [5, 5.41) is 0. The molecule has 0 spiro atoms. The van der Waals surface area contributed by atoms with E-state index in [1.165, 1.54) is 178 Å². The van der Waals surface area contributed by atoms with Crippen molar-refractivity contribution in [2.45, 2.75) is 138 Å². The first-order valence-corrected chi connectivity index (χ1v) is 38.7. The van der Waals surface area contributed by atoms with E-state index < -0.39 is 0 Å². The molecule has 0 saturated carbocycles. The molecule has 0 aliphatic rings. The third-order valence-corrected chi connectivity index (χ3v) is 19.4. The molecule has 0 amide bonds. The molecule has 0 aliphatic heterocycles. The highest BCUT2D eigenvalue weighted by Gasteiger charge is 2.09. The maximum Gasteiger partial charge on any atom is -0.0152 e. The minimum atomic E-state index is 1.28. The SMILES string of the molecule is Cc1cc(-c2ccccc2)c(C)cc1-c1ccccc1.Cc1cc(C)c(C)cc1C.Cc1ccc(-c2ccc(C)cc2)cc1.Cc1ccc(-c2cccc(C)c2)cc1.Cc1ccc(-c2ccccc2C)cc1.Cc1ccc(C)cc1.Cc1cccc(-c2cccc(C)c2)c1.Cc1cccc(C)c1.Cc1ccccc1C. The summed E-state index contributed by atoms with van der Waals surface area (Å²) in [4.78, 5) is 0. The monoisotopic (exact) mass is 1440 g/mol. The average Bonchev–Trinajstić information content (AvgIpc) is 0.807. The minimum absolute atomic E-state index is 1.28. The van der Waals surface area contributed by atoms with Crippen LogP contribution in [0.15, 0.2) is 352 Å². The highest BCUT2D eigenvalue weighted by atomic mass is 14.1. The maximum atomic E-state index is 2.30. The van der Waals surface area contributed by atoms with Gasteiger partial charge in [-0.25, -0.2) is 0 Å². The van der Waals surface area contributed by atoms with Crippen LogP contribution in [0.25, 0.3) is 66.8 Å². The molecule has 0 nitrogen and oxygen atoms in total. The van der Waals surface area contributed by atoms with Crippen LogP contribution in [0.5, 0.6) is 0 Å². The lowest BCUT2D eigenvalue weighted by molar-refractivity contribution is 1.24. The Hall–Kier alpha value is -11.7. The lowest BCUT2D eigenvalue weighted by Gasteiger charge is -2.13. The average molecular weight is 1440 g/mol. The van der Waals surface area contributed by atoms with Gasteiger partial charge in [0, 0.05) is 0 Å². The van der Waals surface area contributed by atoms with E-state index in [0.717, 1.165) is 0 Å². The molecule has 15 rings (SSSR count). The largest absolute Gasteiger partial charge is 0.0622 e. The molecule has 15 aromatic rings. The number of hydrogen-bond donors (Lipinski definition) is 0. The Labute approximate surface area is 664 Å². The van der Waals surface area contributed by atoms with E-state index in [0.29, 0.717) is 0 Å². The summed E-state index contributed by atoms with van der Waals surface area (Å²) in [7, 11) is 0. The van der Waals surface area contributed by atoms with Gasteiger partial charge >= 0.3 is 0 Å². The van der Waals surface area contributed by atoms with Gasteiger partial charge in [0.1, 0.15) is 0 Å². The van der Waals surface area contributed by atoms with E-state index in [4.69, 9.17) is 0 Å². The second kappa shape index (κ2) is 44.6. The second-order valence-electron chi connectivity index (χ2n) is 29.5. The van der Waals surface area contributed by atoms with Crippen molar-refractivity contribution in [3.8, 4) is 66.8 Å². The molecule has 0 heterocycles. The molecule has 0 radical (unpaired) electrons. The summed E-state index contributed by atoms with van der Waals surface area (Å²) in [5.74, 6) is 0. The van der Waals surface area contributed by atoms with Crippen molar-refractivity contribution in [1.29, 1.82) is 0 Å².